The molecule has 3 amide bonds. The number of anilines is 1. The third kappa shape index (κ3) is 9.04. The fourth-order valence-electron chi connectivity index (χ4n) is 3.05. The highest BCUT2D eigenvalue weighted by molar-refractivity contribution is 6.35. The van der Waals surface area contributed by atoms with Crippen molar-refractivity contribution in [3.8, 4) is 11.5 Å². The number of alkyl halides is 3. The molecule has 0 aliphatic heterocycles. The van der Waals surface area contributed by atoms with Crippen LogP contribution < -0.4 is 25.5 Å². The minimum absolute atomic E-state index is 0.0347. The first-order chi connectivity index (χ1) is 18.5. The third-order valence-electron chi connectivity index (χ3n) is 4.99. The zero-order chi connectivity index (χ0) is 28.4. The number of rotatable bonds is 9. The summed E-state index contributed by atoms with van der Waals surface area (Å²) in [6.45, 7) is -0.375. The van der Waals surface area contributed by atoms with Crippen LogP contribution >= 0.6 is 11.6 Å². The summed E-state index contributed by atoms with van der Waals surface area (Å²) in [5.41, 5.74) is 2.38. The maximum Gasteiger partial charge on any atom is 0.416 e. The molecule has 204 valence electrons. The van der Waals surface area contributed by atoms with Gasteiger partial charge in [0.05, 0.1) is 23.9 Å². The summed E-state index contributed by atoms with van der Waals surface area (Å²) in [6.07, 6.45) is -3.30. The van der Waals surface area contributed by atoms with E-state index < -0.39 is 36.1 Å². The maximum atomic E-state index is 12.8. The zero-order valence-electron chi connectivity index (χ0n) is 20.3. The molecule has 13 heteroatoms. The van der Waals surface area contributed by atoms with E-state index in [4.69, 9.17) is 21.1 Å². The largest absolute Gasteiger partial charge is 0.497 e. The molecule has 3 aromatic rings. The van der Waals surface area contributed by atoms with Crippen molar-refractivity contribution >= 4 is 41.2 Å². The summed E-state index contributed by atoms with van der Waals surface area (Å²) in [7, 11) is 1.54. The van der Waals surface area contributed by atoms with E-state index in [-0.39, 0.29) is 23.0 Å². The van der Waals surface area contributed by atoms with Gasteiger partial charge in [0.25, 0.3) is 5.91 Å². The first-order valence-corrected chi connectivity index (χ1v) is 11.6. The lowest BCUT2D eigenvalue weighted by molar-refractivity contribution is -0.139. The van der Waals surface area contributed by atoms with Crippen molar-refractivity contribution < 1.29 is 37.0 Å². The first-order valence-electron chi connectivity index (χ1n) is 11.2. The summed E-state index contributed by atoms with van der Waals surface area (Å²) in [6, 6.07) is 15.5. The topological polar surface area (TPSA) is 118 Å². The van der Waals surface area contributed by atoms with Crippen LogP contribution in [0.15, 0.2) is 71.8 Å². The molecule has 0 saturated carbocycles. The van der Waals surface area contributed by atoms with Crippen LogP contribution in [0.4, 0.5) is 18.9 Å². The number of ether oxygens (including phenoxy) is 2. The van der Waals surface area contributed by atoms with Gasteiger partial charge in [0.2, 0.25) is 0 Å². The molecule has 0 aliphatic rings. The number of halogens is 4. The molecule has 0 aliphatic carbocycles. The number of hydrogen-bond donors (Lipinski definition) is 3. The molecule has 0 spiro atoms. The van der Waals surface area contributed by atoms with Gasteiger partial charge in [-0.05, 0) is 59.7 Å². The SMILES string of the molecule is COc1ccc(CNC(=O)C(=O)N/N=C\c2ccc(OCC(=O)Nc3cccc(C(F)(F)F)c3)c(Cl)c2)cc1. The van der Waals surface area contributed by atoms with Crippen molar-refractivity contribution in [2.24, 2.45) is 5.10 Å². The van der Waals surface area contributed by atoms with E-state index in [9.17, 15) is 27.6 Å². The zero-order valence-corrected chi connectivity index (χ0v) is 21.1. The molecule has 9 nitrogen and oxygen atoms in total. The Morgan fingerprint density at radius 2 is 1.74 bits per heavy atom. The van der Waals surface area contributed by atoms with Crippen molar-refractivity contribution in [2.45, 2.75) is 12.7 Å². The molecule has 39 heavy (non-hydrogen) atoms. The van der Waals surface area contributed by atoms with Gasteiger partial charge in [0, 0.05) is 12.2 Å². The summed E-state index contributed by atoms with van der Waals surface area (Å²) in [5, 5.41) is 8.60. The molecule has 3 rings (SSSR count). The number of benzene rings is 3. The second-order valence-corrected chi connectivity index (χ2v) is 8.24. The number of methoxy groups -OCH3 is 1. The summed E-state index contributed by atoms with van der Waals surface area (Å²) < 4.78 is 48.8. The number of carbonyl (C=O) groups is 3. The summed E-state index contributed by atoms with van der Waals surface area (Å²) >= 11 is 6.15. The minimum atomic E-state index is -4.54. The van der Waals surface area contributed by atoms with Gasteiger partial charge in [0.1, 0.15) is 11.5 Å². The second kappa shape index (κ2) is 13.3. The number of amides is 3. The standard InChI is InChI=1S/C26H22ClF3N4O5/c1-38-20-8-5-16(6-9-20)13-31-24(36)25(37)34-32-14-17-7-10-22(21(27)11-17)39-15-23(35)33-19-4-2-3-18(12-19)26(28,29)30/h2-12,14H,13,15H2,1H3,(H,31,36)(H,33,35)(H,34,37)/b32-14-. The van der Waals surface area contributed by atoms with Gasteiger partial charge in [-0.15, -0.1) is 0 Å². The molecule has 0 fully saturated rings. The van der Waals surface area contributed by atoms with E-state index in [1.54, 1.807) is 24.3 Å². The van der Waals surface area contributed by atoms with E-state index in [2.05, 4.69) is 21.2 Å². The second-order valence-electron chi connectivity index (χ2n) is 7.84. The fraction of sp³-hybridized carbons (Fsp3) is 0.154. The molecule has 0 saturated heterocycles. The average molecular weight is 563 g/mol. The van der Waals surface area contributed by atoms with E-state index >= 15 is 0 Å². The quantitative estimate of drug-likeness (QED) is 0.206. The van der Waals surface area contributed by atoms with Crippen molar-refractivity contribution in [3.63, 3.8) is 0 Å². The van der Waals surface area contributed by atoms with E-state index in [0.29, 0.717) is 11.3 Å². The predicted molar refractivity (Wildman–Crippen MR) is 138 cm³/mol. The Morgan fingerprint density at radius 3 is 2.41 bits per heavy atom. The van der Waals surface area contributed by atoms with Crippen LogP contribution in [0.1, 0.15) is 16.7 Å². The molecule has 3 aromatic carbocycles. The molecule has 0 aromatic heterocycles. The molecular weight excluding hydrogens is 541 g/mol. The normalized spacial score (nSPS) is 11.1. The monoisotopic (exact) mass is 562 g/mol. The molecule has 0 bridgehead atoms. The summed E-state index contributed by atoms with van der Waals surface area (Å²) in [4.78, 5) is 35.9. The van der Waals surface area contributed by atoms with Crippen molar-refractivity contribution in [3.05, 3.63) is 88.4 Å². The lowest BCUT2D eigenvalue weighted by atomic mass is 10.2. The lowest BCUT2D eigenvalue weighted by Crippen LogP contribution is -2.37. The number of carbonyl (C=O) groups excluding carboxylic acids is 3. The smallest absolute Gasteiger partial charge is 0.416 e. The van der Waals surface area contributed by atoms with Crippen LogP contribution in [-0.2, 0) is 27.1 Å². The van der Waals surface area contributed by atoms with Crippen molar-refractivity contribution in [1.82, 2.24) is 10.7 Å². The fourth-order valence-corrected chi connectivity index (χ4v) is 3.29. The van der Waals surface area contributed by atoms with Gasteiger partial charge in [-0.2, -0.15) is 18.3 Å². The van der Waals surface area contributed by atoms with Crippen LogP contribution in [0.3, 0.4) is 0 Å². The highest BCUT2D eigenvalue weighted by atomic mass is 35.5. The minimum Gasteiger partial charge on any atom is -0.497 e. The number of hydrogen-bond acceptors (Lipinski definition) is 6. The Balaban J connectivity index is 1.45. The van der Waals surface area contributed by atoms with Gasteiger partial charge in [-0.25, -0.2) is 5.43 Å². The van der Waals surface area contributed by atoms with E-state index in [1.165, 1.54) is 43.7 Å². The summed E-state index contributed by atoms with van der Waals surface area (Å²) in [5.74, 6) is -1.75. The number of nitrogens with zero attached hydrogens (tertiary/aromatic N) is 1. The van der Waals surface area contributed by atoms with Crippen LogP contribution in [0.5, 0.6) is 11.5 Å². The van der Waals surface area contributed by atoms with Gasteiger partial charge in [-0.3, -0.25) is 14.4 Å². The number of nitrogens with one attached hydrogen (secondary N) is 3. The third-order valence-corrected chi connectivity index (χ3v) is 5.28. The van der Waals surface area contributed by atoms with Crippen molar-refractivity contribution in [2.75, 3.05) is 19.0 Å². The Kier molecular flexibility index (Phi) is 9.87. The predicted octanol–water partition coefficient (Wildman–Crippen LogP) is 4.15. The highest BCUT2D eigenvalue weighted by Gasteiger charge is 2.30. The van der Waals surface area contributed by atoms with Crippen molar-refractivity contribution in [1.29, 1.82) is 0 Å². The average Bonchev–Trinajstić information content (AvgIpc) is 2.91. The van der Waals surface area contributed by atoms with E-state index in [0.717, 1.165) is 17.7 Å². The molecule has 0 atom stereocenters. The maximum absolute atomic E-state index is 12.8. The first kappa shape index (κ1) is 29.0. The Morgan fingerprint density at radius 1 is 1.00 bits per heavy atom. The van der Waals surface area contributed by atoms with Gasteiger partial charge in [-0.1, -0.05) is 29.8 Å². The molecule has 3 N–H and O–H groups in total. The van der Waals surface area contributed by atoms with Crippen LogP contribution in [0.2, 0.25) is 5.02 Å². The molecule has 0 radical (unpaired) electrons. The molecule has 0 heterocycles. The van der Waals surface area contributed by atoms with Gasteiger partial charge >= 0.3 is 18.0 Å². The van der Waals surface area contributed by atoms with Gasteiger partial charge < -0.3 is 20.1 Å². The van der Waals surface area contributed by atoms with Crippen LogP contribution in [0.25, 0.3) is 0 Å². The Bertz CT molecular complexity index is 1360. The van der Waals surface area contributed by atoms with Crippen LogP contribution in [0, 0.1) is 0 Å². The molecular formula is C26H22ClF3N4O5. The Labute approximate surface area is 225 Å². The highest BCUT2D eigenvalue weighted by Crippen LogP contribution is 2.30. The lowest BCUT2D eigenvalue weighted by Gasteiger charge is -2.11. The van der Waals surface area contributed by atoms with E-state index in [1.807, 2.05) is 0 Å². The molecule has 0 unspecified atom stereocenters. The Hall–Kier alpha value is -4.58. The van der Waals surface area contributed by atoms with Crippen LogP contribution in [-0.4, -0.2) is 37.7 Å². The van der Waals surface area contributed by atoms with Gasteiger partial charge in [0.15, 0.2) is 6.61 Å². The number of hydrazone groups is 1.